The van der Waals surface area contributed by atoms with Gasteiger partial charge in [0.05, 0.1) is 0 Å². The van der Waals surface area contributed by atoms with E-state index in [1.54, 1.807) is 0 Å². The van der Waals surface area contributed by atoms with Gasteiger partial charge >= 0.3 is 0 Å². The van der Waals surface area contributed by atoms with Crippen LogP contribution in [0.15, 0.2) is 0 Å². The van der Waals surface area contributed by atoms with Crippen molar-refractivity contribution in [2.45, 2.75) is 52.0 Å². The van der Waals surface area contributed by atoms with Gasteiger partial charge in [0.1, 0.15) is 0 Å². The summed E-state index contributed by atoms with van der Waals surface area (Å²) in [4.78, 5) is 17.6. The van der Waals surface area contributed by atoms with Gasteiger partial charge in [-0.1, -0.05) is 20.3 Å². The highest BCUT2D eigenvalue weighted by atomic mass is 16.2. The summed E-state index contributed by atoms with van der Waals surface area (Å²) in [5.41, 5.74) is 6.59. The van der Waals surface area contributed by atoms with E-state index in [2.05, 4.69) is 30.7 Å². The van der Waals surface area contributed by atoms with Gasteiger partial charge in [-0.05, 0) is 43.6 Å². The smallest absolute Gasteiger partial charge is 0.225 e. The Morgan fingerprint density at radius 2 is 1.71 bits per heavy atom. The second kappa shape index (κ2) is 5.24. The number of nitrogens with two attached hydrogens (primary N) is 1. The summed E-state index contributed by atoms with van der Waals surface area (Å²) in [5.74, 6) is 0.560. The average Bonchev–Trinajstić information content (AvgIpc) is 2.34. The standard InChI is InChI=1S/C17H31N3O/c1-16-8-17(2,10-19(3)9-16)12-20(11-16)15(21)13-5-4-6-14(18)7-13/h13-14H,4-12,18H2,1-3H3/t13-,14+,16?,17?/m1/s1. The molecule has 2 heterocycles. The van der Waals surface area contributed by atoms with Crippen molar-refractivity contribution in [3.8, 4) is 0 Å². The lowest BCUT2D eigenvalue weighted by atomic mass is 9.65. The maximum Gasteiger partial charge on any atom is 0.225 e. The normalized spacial score (nSPS) is 44.7. The van der Waals surface area contributed by atoms with Crippen LogP contribution in [0.25, 0.3) is 0 Å². The van der Waals surface area contributed by atoms with Gasteiger partial charge in [0, 0.05) is 38.1 Å². The molecule has 1 amide bonds. The Kier molecular flexibility index (Phi) is 3.81. The van der Waals surface area contributed by atoms with Gasteiger partial charge < -0.3 is 15.5 Å². The summed E-state index contributed by atoms with van der Waals surface area (Å²) in [6, 6.07) is 0.231. The molecule has 2 bridgehead atoms. The molecule has 0 aromatic heterocycles. The van der Waals surface area contributed by atoms with Gasteiger partial charge in [0.2, 0.25) is 5.91 Å². The second-order valence-corrected chi connectivity index (χ2v) is 8.79. The molecule has 0 radical (unpaired) electrons. The van der Waals surface area contributed by atoms with Crippen molar-refractivity contribution in [2.75, 3.05) is 33.2 Å². The van der Waals surface area contributed by atoms with Crippen LogP contribution in [-0.4, -0.2) is 55.0 Å². The van der Waals surface area contributed by atoms with Crippen molar-refractivity contribution >= 4 is 5.91 Å². The molecule has 3 fully saturated rings. The maximum atomic E-state index is 13.0. The second-order valence-electron chi connectivity index (χ2n) is 8.79. The highest BCUT2D eigenvalue weighted by Crippen LogP contribution is 2.45. The molecule has 3 aliphatic rings. The predicted octanol–water partition coefficient (Wildman–Crippen LogP) is 1.69. The van der Waals surface area contributed by atoms with Crippen LogP contribution < -0.4 is 5.73 Å². The first-order chi connectivity index (χ1) is 9.79. The molecule has 3 rings (SSSR count). The fourth-order valence-corrected chi connectivity index (χ4v) is 5.56. The van der Waals surface area contributed by atoms with E-state index < -0.39 is 0 Å². The Morgan fingerprint density at radius 1 is 1.10 bits per heavy atom. The third kappa shape index (κ3) is 3.11. The molecule has 21 heavy (non-hydrogen) atoms. The highest BCUT2D eigenvalue weighted by Gasteiger charge is 2.49. The molecule has 120 valence electrons. The molecule has 0 spiro atoms. The number of hydrogen-bond donors (Lipinski definition) is 1. The lowest BCUT2D eigenvalue weighted by Gasteiger charge is -2.56. The van der Waals surface area contributed by atoms with Crippen LogP contribution in [-0.2, 0) is 4.79 Å². The Bertz CT molecular complexity index is 406. The highest BCUT2D eigenvalue weighted by molar-refractivity contribution is 5.79. The van der Waals surface area contributed by atoms with Gasteiger partial charge in [-0.2, -0.15) is 0 Å². The molecule has 1 saturated carbocycles. The van der Waals surface area contributed by atoms with Crippen LogP contribution >= 0.6 is 0 Å². The molecule has 4 heteroatoms. The summed E-state index contributed by atoms with van der Waals surface area (Å²) in [5, 5.41) is 0. The zero-order valence-corrected chi connectivity index (χ0v) is 13.9. The largest absolute Gasteiger partial charge is 0.341 e. The molecule has 2 unspecified atom stereocenters. The number of carbonyl (C=O) groups is 1. The topological polar surface area (TPSA) is 49.6 Å². The summed E-state index contributed by atoms with van der Waals surface area (Å²) in [6.07, 6.45) is 5.38. The molecule has 4 atom stereocenters. The van der Waals surface area contributed by atoms with Crippen LogP contribution in [0, 0.1) is 16.7 Å². The first-order valence-electron chi connectivity index (χ1n) is 8.52. The zero-order valence-electron chi connectivity index (χ0n) is 13.9. The van der Waals surface area contributed by atoms with Crippen LogP contribution in [0.1, 0.15) is 46.0 Å². The van der Waals surface area contributed by atoms with Gasteiger partial charge in [-0.15, -0.1) is 0 Å². The van der Waals surface area contributed by atoms with E-state index in [0.29, 0.717) is 5.91 Å². The van der Waals surface area contributed by atoms with E-state index >= 15 is 0 Å². The average molecular weight is 293 g/mol. The quantitative estimate of drug-likeness (QED) is 0.800. The van der Waals surface area contributed by atoms with E-state index in [-0.39, 0.29) is 22.8 Å². The Morgan fingerprint density at radius 3 is 2.29 bits per heavy atom. The molecule has 2 saturated heterocycles. The molecular formula is C17H31N3O. The summed E-state index contributed by atoms with van der Waals surface area (Å²) < 4.78 is 0. The summed E-state index contributed by atoms with van der Waals surface area (Å²) in [7, 11) is 2.22. The number of fused-ring (bicyclic) bond motifs is 2. The Balaban J connectivity index is 1.73. The van der Waals surface area contributed by atoms with Gasteiger partial charge in [-0.25, -0.2) is 0 Å². The number of carbonyl (C=O) groups excluding carboxylic acids is 1. The van der Waals surface area contributed by atoms with Gasteiger partial charge in [-0.3, -0.25) is 4.79 Å². The Labute approximate surface area is 129 Å². The van der Waals surface area contributed by atoms with Crippen LogP contribution in [0.4, 0.5) is 0 Å². The van der Waals surface area contributed by atoms with Crippen LogP contribution in [0.2, 0.25) is 0 Å². The van der Waals surface area contributed by atoms with Crippen LogP contribution in [0.5, 0.6) is 0 Å². The van der Waals surface area contributed by atoms with Crippen LogP contribution in [0.3, 0.4) is 0 Å². The van der Waals surface area contributed by atoms with E-state index in [4.69, 9.17) is 5.73 Å². The SMILES string of the molecule is CN1CC2(C)CN(C(=O)[C@@H]3CCC[C@H](N)C3)CC(C)(C1)C2. The van der Waals surface area contributed by atoms with Crippen molar-refractivity contribution in [3.63, 3.8) is 0 Å². The molecular weight excluding hydrogens is 262 g/mol. The first-order valence-corrected chi connectivity index (χ1v) is 8.52. The maximum absolute atomic E-state index is 13.0. The molecule has 2 aliphatic heterocycles. The van der Waals surface area contributed by atoms with Crippen molar-refractivity contribution in [2.24, 2.45) is 22.5 Å². The first kappa shape index (κ1) is 15.3. The molecule has 2 N–H and O–H groups in total. The van der Waals surface area contributed by atoms with E-state index in [1.807, 2.05) is 0 Å². The van der Waals surface area contributed by atoms with Crippen molar-refractivity contribution in [1.82, 2.24) is 9.80 Å². The molecule has 4 nitrogen and oxygen atoms in total. The molecule has 1 aliphatic carbocycles. The summed E-state index contributed by atoms with van der Waals surface area (Å²) in [6.45, 7) is 8.78. The minimum atomic E-state index is 0.178. The fraction of sp³-hybridized carbons (Fsp3) is 0.941. The predicted molar refractivity (Wildman–Crippen MR) is 84.8 cm³/mol. The fourth-order valence-electron chi connectivity index (χ4n) is 5.56. The summed E-state index contributed by atoms with van der Waals surface area (Å²) >= 11 is 0. The third-order valence-corrected chi connectivity index (χ3v) is 5.68. The van der Waals surface area contributed by atoms with Crippen molar-refractivity contribution < 1.29 is 4.79 Å². The minimum absolute atomic E-state index is 0.178. The van der Waals surface area contributed by atoms with Gasteiger partial charge in [0.15, 0.2) is 0 Å². The monoisotopic (exact) mass is 293 g/mol. The lowest BCUT2D eigenvalue weighted by Crippen LogP contribution is -2.63. The Hall–Kier alpha value is -0.610. The third-order valence-electron chi connectivity index (χ3n) is 5.68. The van der Waals surface area contributed by atoms with Gasteiger partial charge in [0.25, 0.3) is 0 Å². The molecule has 0 aromatic rings. The number of rotatable bonds is 1. The number of piperidine rings is 2. The lowest BCUT2D eigenvalue weighted by molar-refractivity contribution is -0.149. The number of amides is 1. The van der Waals surface area contributed by atoms with E-state index in [0.717, 1.165) is 51.9 Å². The number of nitrogens with zero attached hydrogens (tertiary/aromatic N) is 2. The van der Waals surface area contributed by atoms with Crippen molar-refractivity contribution in [3.05, 3.63) is 0 Å². The van der Waals surface area contributed by atoms with E-state index in [1.165, 1.54) is 6.42 Å². The van der Waals surface area contributed by atoms with Crippen molar-refractivity contribution in [1.29, 1.82) is 0 Å². The minimum Gasteiger partial charge on any atom is -0.341 e. The number of hydrogen-bond acceptors (Lipinski definition) is 3. The van der Waals surface area contributed by atoms with E-state index in [9.17, 15) is 4.79 Å². The number of likely N-dealkylation sites (tertiary alicyclic amines) is 2. The zero-order chi connectivity index (χ0) is 15.3. The molecule has 0 aromatic carbocycles.